The van der Waals surface area contributed by atoms with Gasteiger partial charge in [0.2, 0.25) is 0 Å². The summed E-state index contributed by atoms with van der Waals surface area (Å²) in [6.45, 7) is 0. The number of pyridine rings is 1. The Labute approximate surface area is 125 Å². The summed E-state index contributed by atoms with van der Waals surface area (Å²) in [5.41, 5.74) is 2.59. The monoisotopic (exact) mass is 332 g/mol. The third-order valence-corrected chi connectivity index (χ3v) is 3.91. The summed E-state index contributed by atoms with van der Waals surface area (Å²) in [6, 6.07) is 10.7. The lowest BCUT2D eigenvalue weighted by atomic mass is 10.1. The van der Waals surface area contributed by atoms with Crippen LogP contribution in [0.25, 0.3) is 0 Å². The number of halogens is 1. The molecule has 1 aromatic carbocycles. The fourth-order valence-corrected chi connectivity index (χ4v) is 2.88. The van der Waals surface area contributed by atoms with Crippen molar-refractivity contribution in [1.29, 1.82) is 0 Å². The van der Waals surface area contributed by atoms with E-state index in [1.807, 2.05) is 24.3 Å². The molecule has 1 aromatic heterocycles. The lowest BCUT2D eigenvalue weighted by Gasteiger charge is -2.18. The van der Waals surface area contributed by atoms with Crippen LogP contribution < -0.4 is 5.32 Å². The summed E-state index contributed by atoms with van der Waals surface area (Å²) in [4.78, 5) is 16.2. The highest BCUT2D eigenvalue weighted by Crippen LogP contribution is 2.31. The average Bonchev–Trinajstić information content (AvgIpc) is 2.75. The van der Waals surface area contributed by atoms with E-state index < -0.39 is 6.10 Å². The molecule has 2 aromatic rings. The van der Waals surface area contributed by atoms with E-state index in [-0.39, 0.29) is 11.9 Å². The molecule has 102 valence electrons. The molecule has 1 amide bonds. The van der Waals surface area contributed by atoms with Crippen molar-refractivity contribution in [2.75, 3.05) is 0 Å². The zero-order valence-corrected chi connectivity index (χ0v) is 12.2. The first-order valence-corrected chi connectivity index (χ1v) is 7.13. The number of nitrogens with zero attached hydrogens (tertiary/aromatic N) is 1. The molecular weight excluding hydrogens is 320 g/mol. The number of aromatic nitrogens is 1. The van der Waals surface area contributed by atoms with Crippen molar-refractivity contribution in [3.8, 4) is 0 Å². The van der Waals surface area contributed by atoms with Gasteiger partial charge in [-0.15, -0.1) is 0 Å². The minimum absolute atomic E-state index is 0.214. The van der Waals surface area contributed by atoms with Crippen molar-refractivity contribution in [2.45, 2.75) is 18.6 Å². The van der Waals surface area contributed by atoms with Crippen molar-refractivity contribution in [3.63, 3.8) is 0 Å². The summed E-state index contributed by atoms with van der Waals surface area (Å²) in [7, 11) is 0. The second-order valence-electron chi connectivity index (χ2n) is 4.79. The summed E-state index contributed by atoms with van der Waals surface area (Å²) < 4.78 is 0.609. The Bertz CT molecular complexity index is 660. The molecule has 1 aliphatic rings. The van der Waals surface area contributed by atoms with Gasteiger partial charge >= 0.3 is 0 Å². The molecule has 0 radical (unpaired) electrons. The maximum absolute atomic E-state index is 12.2. The molecule has 0 bridgehead atoms. The van der Waals surface area contributed by atoms with Crippen LogP contribution in [0.4, 0.5) is 0 Å². The third kappa shape index (κ3) is 2.46. The molecule has 0 fully saturated rings. The molecule has 0 saturated heterocycles. The number of aliphatic hydroxyl groups is 1. The topological polar surface area (TPSA) is 62.2 Å². The highest BCUT2D eigenvalue weighted by Gasteiger charge is 2.31. The molecule has 0 spiro atoms. The lowest BCUT2D eigenvalue weighted by molar-refractivity contribution is 0.0858. The molecule has 2 N–H and O–H groups in total. The van der Waals surface area contributed by atoms with E-state index in [1.165, 1.54) is 0 Å². The van der Waals surface area contributed by atoms with E-state index in [4.69, 9.17) is 0 Å². The van der Waals surface area contributed by atoms with Gasteiger partial charge in [0.15, 0.2) is 0 Å². The van der Waals surface area contributed by atoms with Crippen LogP contribution >= 0.6 is 15.9 Å². The maximum atomic E-state index is 12.2. The number of carbonyl (C=O) groups is 1. The number of fused-ring (bicyclic) bond motifs is 1. The number of benzene rings is 1. The quantitative estimate of drug-likeness (QED) is 0.829. The van der Waals surface area contributed by atoms with E-state index in [9.17, 15) is 9.90 Å². The molecule has 0 saturated carbocycles. The summed E-state index contributed by atoms with van der Waals surface area (Å²) in [5.74, 6) is -0.214. The molecular formula is C15H13BrN2O2. The van der Waals surface area contributed by atoms with Crippen LogP contribution in [-0.2, 0) is 6.42 Å². The van der Waals surface area contributed by atoms with Gasteiger partial charge in [0.05, 0.1) is 12.1 Å². The number of hydrogen-bond donors (Lipinski definition) is 2. The fourth-order valence-electron chi connectivity index (χ4n) is 2.52. The van der Waals surface area contributed by atoms with Gasteiger partial charge in [-0.25, -0.2) is 4.98 Å². The fraction of sp³-hybridized carbons (Fsp3) is 0.200. The third-order valence-electron chi connectivity index (χ3n) is 3.48. The Morgan fingerprint density at radius 2 is 2.15 bits per heavy atom. The van der Waals surface area contributed by atoms with Crippen LogP contribution in [0.3, 0.4) is 0 Å². The van der Waals surface area contributed by atoms with Crippen LogP contribution in [0, 0.1) is 0 Å². The molecule has 3 rings (SSSR count). The number of hydrogen-bond acceptors (Lipinski definition) is 3. The molecule has 1 heterocycles. The van der Waals surface area contributed by atoms with Crippen LogP contribution in [0.2, 0.25) is 0 Å². The lowest BCUT2D eigenvalue weighted by Crippen LogP contribution is -2.33. The Morgan fingerprint density at radius 1 is 1.35 bits per heavy atom. The van der Waals surface area contributed by atoms with Gasteiger partial charge in [-0.1, -0.05) is 24.3 Å². The van der Waals surface area contributed by atoms with Crippen molar-refractivity contribution in [1.82, 2.24) is 10.3 Å². The van der Waals surface area contributed by atoms with Gasteiger partial charge in [0.25, 0.3) is 5.91 Å². The molecule has 20 heavy (non-hydrogen) atoms. The molecule has 5 heteroatoms. The summed E-state index contributed by atoms with van der Waals surface area (Å²) >= 11 is 3.24. The Kier molecular flexibility index (Phi) is 3.54. The molecule has 1 aliphatic carbocycles. The van der Waals surface area contributed by atoms with Gasteiger partial charge in [-0.3, -0.25) is 4.79 Å². The molecule has 0 unspecified atom stereocenters. The first-order chi connectivity index (χ1) is 9.65. The van der Waals surface area contributed by atoms with Crippen LogP contribution in [-0.4, -0.2) is 22.1 Å². The number of amides is 1. The predicted octanol–water partition coefficient (Wildman–Crippen LogP) is 2.23. The predicted molar refractivity (Wildman–Crippen MR) is 78.3 cm³/mol. The molecule has 0 aliphatic heterocycles. The zero-order valence-electron chi connectivity index (χ0n) is 10.6. The summed E-state index contributed by atoms with van der Waals surface area (Å²) in [5, 5.41) is 13.0. The smallest absolute Gasteiger partial charge is 0.252 e. The number of aliphatic hydroxyl groups excluding tert-OH is 1. The Balaban J connectivity index is 1.83. The molecule has 4 nitrogen and oxygen atoms in total. The molecule has 2 atom stereocenters. The maximum Gasteiger partial charge on any atom is 0.252 e. The van der Waals surface area contributed by atoms with E-state index in [0.717, 1.165) is 11.1 Å². The standard InChI is InChI=1S/C15H13BrN2O2/c16-13-8-10(5-6-17-13)15(20)18-14-11-4-2-1-3-9(11)7-12(14)19/h1-6,8,12,14,19H,7H2,(H,18,20)/t12-,14+/m0/s1. The van der Waals surface area contributed by atoms with Crippen molar-refractivity contribution in [3.05, 3.63) is 63.9 Å². The minimum Gasteiger partial charge on any atom is -0.390 e. The van der Waals surface area contributed by atoms with Crippen molar-refractivity contribution in [2.24, 2.45) is 0 Å². The Hall–Kier alpha value is -1.72. The normalized spacial score (nSPS) is 20.5. The minimum atomic E-state index is -0.582. The SMILES string of the molecule is O=C(N[C@@H]1c2ccccc2C[C@@H]1O)c1ccnc(Br)c1. The van der Waals surface area contributed by atoms with E-state index in [0.29, 0.717) is 16.6 Å². The largest absolute Gasteiger partial charge is 0.390 e. The second-order valence-corrected chi connectivity index (χ2v) is 5.60. The van der Waals surface area contributed by atoms with E-state index in [2.05, 4.69) is 26.2 Å². The van der Waals surface area contributed by atoms with E-state index >= 15 is 0 Å². The highest BCUT2D eigenvalue weighted by atomic mass is 79.9. The average molecular weight is 333 g/mol. The number of nitrogens with one attached hydrogen (secondary N) is 1. The first-order valence-electron chi connectivity index (χ1n) is 6.33. The van der Waals surface area contributed by atoms with Gasteiger partial charge in [-0.05, 0) is 39.2 Å². The van der Waals surface area contributed by atoms with Crippen LogP contribution in [0.5, 0.6) is 0 Å². The van der Waals surface area contributed by atoms with Crippen molar-refractivity contribution >= 4 is 21.8 Å². The second kappa shape index (κ2) is 5.34. The van der Waals surface area contributed by atoms with Crippen LogP contribution in [0.1, 0.15) is 27.5 Å². The van der Waals surface area contributed by atoms with Gasteiger partial charge in [0.1, 0.15) is 4.60 Å². The number of carbonyl (C=O) groups excluding carboxylic acids is 1. The van der Waals surface area contributed by atoms with Gasteiger partial charge < -0.3 is 10.4 Å². The first kappa shape index (κ1) is 13.3. The van der Waals surface area contributed by atoms with Gasteiger partial charge in [0, 0.05) is 18.2 Å². The van der Waals surface area contributed by atoms with Gasteiger partial charge in [-0.2, -0.15) is 0 Å². The number of rotatable bonds is 2. The van der Waals surface area contributed by atoms with Crippen LogP contribution in [0.15, 0.2) is 47.2 Å². The van der Waals surface area contributed by atoms with E-state index in [1.54, 1.807) is 18.3 Å². The highest BCUT2D eigenvalue weighted by molar-refractivity contribution is 9.10. The van der Waals surface area contributed by atoms with Crippen molar-refractivity contribution < 1.29 is 9.90 Å². The zero-order chi connectivity index (χ0) is 14.1. The Morgan fingerprint density at radius 3 is 2.95 bits per heavy atom. The summed E-state index contributed by atoms with van der Waals surface area (Å²) in [6.07, 6.45) is 1.56.